The molecule has 4 heteroatoms. The zero-order valence-corrected chi connectivity index (χ0v) is 12.4. The fourth-order valence-corrected chi connectivity index (χ4v) is 4.24. The summed E-state index contributed by atoms with van der Waals surface area (Å²) in [6, 6.07) is 10.5. The molecule has 1 atom stereocenters. The molecule has 0 aliphatic carbocycles. The number of hydrogen-bond donors (Lipinski definition) is 1. The van der Waals surface area contributed by atoms with Crippen LogP contribution in [0.3, 0.4) is 0 Å². The Bertz CT molecular complexity index is 651. The minimum absolute atomic E-state index is 0.328. The normalized spacial score (nSPS) is 12.9. The number of nitrogens with zero attached hydrogens (tertiary/aromatic N) is 1. The van der Waals surface area contributed by atoms with Gasteiger partial charge < -0.3 is 5.73 Å². The van der Waals surface area contributed by atoms with Crippen LogP contribution in [0.1, 0.15) is 21.4 Å². The number of para-hydroxylation sites is 1. The van der Waals surface area contributed by atoms with Crippen LogP contribution in [-0.2, 0) is 6.42 Å². The largest absolute Gasteiger partial charge is 0.330 e. The number of thiazole rings is 1. The third-order valence-electron chi connectivity index (χ3n) is 3.34. The number of rotatable bonds is 4. The van der Waals surface area contributed by atoms with Gasteiger partial charge in [-0.3, -0.25) is 0 Å². The molecule has 0 amide bonds. The van der Waals surface area contributed by atoms with Crippen LogP contribution in [0.15, 0.2) is 35.7 Å². The van der Waals surface area contributed by atoms with Gasteiger partial charge in [0.05, 0.1) is 15.2 Å². The SMILES string of the molecule is Cc1ccsc1CC(CN)c1nc2ccccc2s1. The Morgan fingerprint density at radius 2 is 2.11 bits per heavy atom. The first-order valence-electron chi connectivity index (χ1n) is 6.36. The number of thiophene rings is 1. The Hall–Kier alpha value is -1.23. The van der Waals surface area contributed by atoms with Crippen LogP contribution in [-0.4, -0.2) is 11.5 Å². The molecule has 2 aromatic heterocycles. The fourth-order valence-electron chi connectivity index (χ4n) is 2.17. The first-order chi connectivity index (χ1) is 9.28. The maximum Gasteiger partial charge on any atom is 0.0985 e. The van der Waals surface area contributed by atoms with Crippen LogP contribution in [0.4, 0.5) is 0 Å². The summed E-state index contributed by atoms with van der Waals surface area (Å²) in [5.74, 6) is 0.328. The minimum Gasteiger partial charge on any atom is -0.330 e. The zero-order valence-electron chi connectivity index (χ0n) is 10.8. The maximum absolute atomic E-state index is 5.96. The van der Waals surface area contributed by atoms with Crippen LogP contribution < -0.4 is 5.73 Å². The van der Waals surface area contributed by atoms with Gasteiger partial charge in [-0.15, -0.1) is 22.7 Å². The summed E-state index contributed by atoms with van der Waals surface area (Å²) in [6.45, 7) is 2.81. The molecule has 2 nitrogen and oxygen atoms in total. The van der Waals surface area contributed by atoms with Crippen molar-refractivity contribution < 1.29 is 0 Å². The molecule has 3 aromatic rings. The predicted octanol–water partition coefficient (Wildman–Crippen LogP) is 3.95. The van der Waals surface area contributed by atoms with Gasteiger partial charge in [0.25, 0.3) is 0 Å². The maximum atomic E-state index is 5.96. The molecule has 98 valence electrons. The summed E-state index contributed by atoms with van der Waals surface area (Å²) in [5, 5.41) is 3.31. The molecule has 3 rings (SSSR count). The van der Waals surface area contributed by atoms with E-state index in [-0.39, 0.29) is 0 Å². The molecule has 0 spiro atoms. The van der Waals surface area contributed by atoms with Gasteiger partial charge in [-0.1, -0.05) is 12.1 Å². The van der Waals surface area contributed by atoms with E-state index in [2.05, 4.69) is 36.6 Å². The molecule has 0 radical (unpaired) electrons. The molecular weight excluding hydrogens is 272 g/mol. The van der Waals surface area contributed by atoms with E-state index in [0.29, 0.717) is 12.5 Å². The van der Waals surface area contributed by atoms with E-state index in [1.807, 2.05) is 17.4 Å². The molecule has 0 saturated carbocycles. The average Bonchev–Trinajstić information content (AvgIpc) is 3.02. The van der Waals surface area contributed by atoms with Gasteiger partial charge in [0, 0.05) is 17.3 Å². The number of aryl methyl sites for hydroxylation is 1. The van der Waals surface area contributed by atoms with Gasteiger partial charge in [-0.2, -0.15) is 0 Å². The number of nitrogens with two attached hydrogens (primary N) is 1. The van der Waals surface area contributed by atoms with Gasteiger partial charge in [0.1, 0.15) is 0 Å². The van der Waals surface area contributed by atoms with Crippen molar-refractivity contribution in [3.8, 4) is 0 Å². The fraction of sp³-hybridized carbons (Fsp3) is 0.267. The predicted molar refractivity (Wildman–Crippen MR) is 84.2 cm³/mol. The standard InChI is InChI=1S/C15H16N2S2/c1-10-6-7-18-14(10)8-11(9-16)15-17-12-4-2-3-5-13(12)19-15/h2-7,11H,8-9,16H2,1H3. The summed E-state index contributed by atoms with van der Waals surface area (Å²) in [4.78, 5) is 6.16. The van der Waals surface area contributed by atoms with Crippen LogP contribution in [0.2, 0.25) is 0 Å². The molecule has 0 aliphatic rings. The van der Waals surface area contributed by atoms with Crippen molar-refractivity contribution in [2.24, 2.45) is 5.73 Å². The van der Waals surface area contributed by atoms with E-state index in [1.54, 1.807) is 11.3 Å². The first kappa shape index (κ1) is 12.8. The molecule has 1 aromatic carbocycles. The molecule has 19 heavy (non-hydrogen) atoms. The van der Waals surface area contributed by atoms with Crippen molar-refractivity contribution in [2.45, 2.75) is 19.3 Å². The summed E-state index contributed by atoms with van der Waals surface area (Å²) in [7, 11) is 0. The molecule has 0 aliphatic heterocycles. The number of hydrogen-bond acceptors (Lipinski definition) is 4. The highest BCUT2D eigenvalue weighted by molar-refractivity contribution is 7.18. The van der Waals surface area contributed by atoms with Crippen LogP contribution in [0.25, 0.3) is 10.2 Å². The Balaban J connectivity index is 1.91. The molecule has 2 heterocycles. The quantitative estimate of drug-likeness (QED) is 0.789. The third-order valence-corrected chi connectivity index (χ3v) is 5.59. The van der Waals surface area contributed by atoms with E-state index in [1.165, 1.54) is 15.1 Å². The van der Waals surface area contributed by atoms with Crippen LogP contribution in [0.5, 0.6) is 0 Å². The lowest BCUT2D eigenvalue weighted by Crippen LogP contribution is -2.14. The van der Waals surface area contributed by atoms with Crippen molar-refractivity contribution in [3.05, 3.63) is 51.2 Å². The Morgan fingerprint density at radius 1 is 1.26 bits per heavy atom. The smallest absolute Gasteiger partial charge is 0.0985 e. The lowest BCUT2D eigenvalue weighted by atomic mass is 10.0. The molecular formula is C15H16N2S2. The lowest BCUT2D eigenvalue weighted by Gasteiger charge is -2.11. The summed E-state index contributed by atoms with van der Waals surface area (Å²) in [5.41, 5.74) is 8.42. The summed E-state index contributed by atoms with van der Waals surface area (Å²) >= 11 is 3.59. The topological polar surface area (TPSA) is 38.9 Å². The summed E-state index contributed by atoms with van der Waals surface area (Å²) < 4.78 is 1.25. The van der Waals surface area contributed by atoms with Gasteiger partial charge in [-0.05, 0) is 42.5 Å². The Labute approximate surface area is 120 Å². The van der Waals surface area contributed by atoms with E-state index < -0.39 is 0 Å². The monoisotopic (exact) mass is 288 g/mol. The van der Waals surface area contributed by atoms with E-state index >= 15 is 0 Å². The van der Waals surface area contributed by atoms with Crippen molar-refractivity contribution in [1.82, 2.24) is 4.98 Å². The Morgan fingerprint density at radius 3 is 2.79 bits per heavy atom. The van der Waals surface area contributed by atoms with Crippen molar-refractivity contribution in [3.63, 3.8) is 0 Å². The number of fused-ring (bicyclic) bond motifs is 1. The highest BCUT2D eigenvalue weighted by Crippen LogP contribution is 2.31. The highest BCUT2D eigenvalue weighted by Gasteiger charge is 2.17. The van der Waals surface area contributed by atoms with Crippen molar-refractivity contribution in [2.75, 3.05) is 6.54 Å². The van der Waals surface area contributed by atoms with Gasteiger partial charge in [0.2, 0.25) is 0 Å². The van der Waals surface area contributed by atoms with Crippen LogP contribution in [0, 0.1) is 6.92 Å². The van der Waals surface area contributed by atoms with Crippen molar-refractivity contribution in [1.29, 1.82) is 0 Å². The van der Waals surface area contributed by atoms with E-state index in [0.717, 1.165) is 16.9 Å². The molecule has 0 saturated heterocycles. The number of benzene rings is 1. The van der Waals surface area contributed by atoms with Gasteiger partial charge >= 0.3 is 0 Å². The van der Waals surface area contributed by atoms with Crippen molar-refractivity contribution >= 4 is 32.9 Å². The van der Waals surface area contributed by atoms with Crippen LogP contribution >= 0.6 is 22.7 Å². The number of aromatic nitrogens is 1. The average molecular weight is 288 g/mol. The summed E-state index contributed by atoms with van der Waals surface area (Å²) in [6.07, 6.45) is 1.000. The minimum atomic E-state index is 0.328. The molecule has 1 unspecified atom stereocenters. The molecule has 0 fully saturated rings. The zero-order chi connectivity index (χ0) is 13.2. The lowest BCUT2D eigenvalue weighted by molar-refractivity contribution is 0.695. The Kier molecular flexibility index (Phi) is 3.64. The molecule has 2 N–H and O–H groups in total. The second-order valence-corrected chi connectivity index (χ2v) is 6.75. The van der Waals surface area contributed by atoms with Gasteiger partial charge in [0.15, 0.2) is 0 Å². The second-order valence-electron chi connectivity index (χ2n) is 4.68. The third kappa shape index (κ3) is 2.56. The molecule has 0 bridgehead atoms. The van der Waals surface area contributed by atoms with E-state index in [9.17, 15) is 0 Å². The van der Waals surface area contributed by atoms with Gasteiger partial charge in [-0.25, -0.2) is 4.98 Å². The first-order valence-corrected chi connectivity index (χ1v) is 8.06. The second kappa shape index (κ2) is 5.41. The van der Waals surface area contributed by atoms with E-state index in [4.69, 9.17) is 10.7 Å². The highest BCUT2D eigenvalue weighted by atomic mass is 32.1.